The number of carbonyl (C=O) groups is 1. The monoisotopic (exact) mass is 396 g/mol. The lowest BCUT2D eigenvalue weighted by Gasteiger charge is -2.22. The number of rotatable bonds is 5. The van der Waals surface area contributed by atoms with E-state index in [1.54, 1.807) is 13.1 Å². The second-order valence-corrected chi connectivity index (χ2v) is 8.13. The largest absolute Gasteiger partial charge is 0.442 e. The highest BCUT2D eigenvalue weighted by Crippen LogP contribution is 2.40. The van der Waals surface area contributed by atoms with Gasteiger partial charge in [-0.15, -0.1) is 0 Å². The quantitative estimate of drug-likeness (QED) is 0.681. The highest BCUT2D eigenvalue weighted by atomic mass is 16.5. The summed E-state index contributed by atoms with van der Waals surface area (Å²) >= 11 is 0. The standard InChI is InChI=1S/C20H24N6O3/c1-12-15(16-17(25-20(2)5-6-20)21-11-22-19(16)29-12)18(27)24-13-9-23-26(10-13)14-3-7-28-8-4-14/h9-11,14H,3-8H2,1-2H3,(H,24,27)(H,21,22,25). The van der Waals surface area contributed by atoms with Gasteiger partial charge < -0.3 is 19.8 Å². The molecule has 0 aromatic carbocycles. The number of nitrogens with one attached hydrogen (secondary N) is 2. The fourth-order valence-electron chi connectivity index (χ4n) is 3.76. The van der Waals surface area contributed by atoms with Crippen LogP contribution in [0.15, 0.2) is 23.1 Å². The van der Waals surface area contributed by atoms with Crippen molar-refractivity contribution < 1.29 is 13.9 Å². The molecular weight excluding hydrogens is 372 g/mol. The molecule has 1 saturated carbocycles. The van der Waals surface area contributed by atoms with Crippen LogP contribution < -0.4 is 10.6 Å². The Bertz CT molecular complexity index is 1060. The molecule has 9 heteroatoms. The van der Waals surface area contributed by atoms with E-state index in [1.165, 1.54) is 6.33 Å². The predicted molar refractivity (Wildman–Crippen MR) is 107 cm³/mol. The van der Waals surface area contributed by atoms with Gasteiger partial charge in [-0.3, -0.25) is 9.48 Å². The van der Waals surface area contributed by atoms with Crippen molar-refractivity contribution in [3.8, 4) is 0 Å². The third kappa shape index (κ3) is 3.46. The van der Waals surface area contributed by atoms with E-state index in [2.05, 4.69) is 32.6 Å². The molecule has 152 valence electrons. The van der Waals surface area contributed by atoms with E-state index < -0.39 is 0 Å². The Morgan fingerprint density at radius 2 is 2.07 bits per heavy atom. The zero-order chi connectivity index (χ0) is 20.0. The number of aryl methyl sites for hydroxylation is 1. The third-order valence-electron chi connectivity index (χ3n) is 5.74. The lowest BCUT2D eigenvalue weighted by Crippen LogP contribution is -2.20. The molecule has 3 aromatic rings. The summed E-state index contributed by atoms with van der Waals surface area (Å²) in [5.74, 6) is 0.889. The van der Waals surface area contributed by atoms with Crippen molar-refractivity contribution in [3.63, 3.8) is 0 Å². The number of hydrogen-bond donors (Lipinski definition) is 2. The molecule has 3 aromatic heterocycles. The van der Waals surface area contributed by atoms with Crippen molar-refractivity contribution in [3.05, 3.63) is 30.0 Å². The zero-order valence-corrected chi connectivity index (χ0v) is 16.6. The fourth-order valence-corrected chi connectivity index (χ4v) is 3.76. The molecular formula is C20H24N6O3. The molecule has 0 bridgehead atoms. The van der Waals surface area contributed by atoms with Gasteiger partial charge in [0.1, 0.15) is 17.9 Å². The molecule has 1 aliphatic carbocycles. The van der Waals surface area contributed by atoms with Crippen LogP contribution in [0, 0.1) is 6.92 Å². The van der Waals surface area contributed by atoms with Gasteiger partial charge in [-0.05, 0) is 39.5 Å². The predicted octanol–water partition coefficient (Wildman–Crippen LogP) is 3.30. The van der Waals surface area contributed by atoms with E-state index in [0.717, 1.165) is 38.9 Å². The maximum Gasteiger partial charge on any atom is 0.260 e. The maximum absolute atomic E-state index is 13.1. The van der Waals surface area contributed by atoms with E-state index in [0.29, 0.717) is 40.0 Å². The minimum absolute atomic E-state index is 0.0189. The van der Waals surface area contributed by atoms with Gasteiger partial charge in [0.25, 0.3) is 5.91 Å². The number of furan rings is 1. The van der Waals surface area contributed by atoms with Crippen molar-refractivity contribution in [2.75, 3.05) is 23.8 Å². The van der Waals surface area contributed by atoms with Crippen molar-refractivity contribution in [2.45, 2.75) is 51.1 Å². The summed E-state index contributed by atoms with van der Waals surface area (Å²) in [6.07, 6.45) is 8.99. The number of anilines is 2. The van der Waals surface area contributed by atoms with Crippen LogP contribution in [0.25, 0.3) is 11.1 Å². The Morgan fingerprint density at radius 1 is 1.28 bits per heavy atom. The summed E-state index contributed by atoms with van der Waals surface area (Å²) in [6.45, 7) is 5.38. The first-order valence-corrected chi connectivity index (χ1v) is 9.98. The molecule has 2 aliphatic rings. The van der Waals surface area contributed by atoms with E-state index in [9.17, 15) is 4.79 Å². The van der Waals surface area contributed by atoms with Crippen LogP contribution >= 0.6 is 0 Å². The molecule has 0 radical (unpaired) electrons. The van der Waals surface area contributed by atoms with Gasteiger partial charge in [-0.2, -0.15) is 5.10 Å². The van der Waals surface area contributed by atoms with Crippen LogP contribution in [-0.2, 0) is 4.74 Å². The van der Waals surface area contributed by atoms with Crippen LogP contribution in [0.1, 0.15) is 54.8 Å². The summed E-state index contributed by atoms with van der Waals surface area (Å²) in [7, 11) is 0. The lowest BCUT2D eigenvalue weighted by atomic mass is 10.1. The topological polar surface area (TPSA) is 107 Å². The maximum atomic E-state index is 13.1. The Kier molecular flexibility index (Phi) is 4.27. The summed E-state index contributed by atoms with van der Waals surface area (Å²) in [4.78, 5) is 21.7. The van der Waals surface area contributed by atoms with Crippen LogP contribution in [0.2, 0.25) is 0 Å². The molecule has 4 heterocycles. The summed E-state index contributed by atoms with van der Waals surface area (Å²) in [5.41, 5.74) is 1.53. The molecule has 5 rings (SSSR count). The zero-order valence-electron chi connectivity index (χ0n) is 16.6. The summed E-state index contributed by atoms with van der Waals surface area (Å²) in [5, 5.41) is 11.4. The second kappa shape index (κ2) is 6.84. The minimum Gasteiger partial charge on any atom is -0.442 e. The van der Waals surface area contributed by atoms with Crippen molar-refractivity contribution in [1.29, 1.82) is 0 Å². The van der Waals surface area contributed by atoms with Crippen LogP contribution in [0.4, 0.5) is 11.5 Å². The first-order chi connectivity index (χ1) is 14.0. The number of hydrogen-bond acceptors (Lipinski definition) is 7. The number of aromatic nitrogens is 4. The Balaban J connectivity index is 1.42. The molecule has 2 fully saturated rings. The van der Waals surface area contributed by atoms with Gasteiger partial charge in [0.05, 0.1) is 28.9 Å². The summed E-state index contributed by atoms with van der Waals surface area (Å²) in [6, 6.07) is 0.300. The molecule has 2 N–H and O–H groups in total. The molecule has 0 spiro atoms. The lowest BCUT2D eigenvalue weighted by molar-refractivity contribution is 0.0662. The average Bonchev–Trinajstić information content (AvgIpc) is 3.12. The molecule has 29 heavy (non-hydrogen) atoms. The van der Waals surface area contributed by atoms with Crippen LogP contribution in [0.5, 0.6) is 0 Å². The van der Waals surface area contributed by atoms with Crippen LogP contribution in [0.3, 0.4) is 0 Å². The number of amides is 1. The van der Waals surface area contributed by atoms with Gasteiger partial charge in [-0.25, -0.2) is 9.97 Å². The van der Waals surface area contributed by atoms with Gasteiger partial charge in [0.15, 0.2) is 0 Å². The number of fused-ring (bicyclic) bond motifs is 1. The van der Waals surface area contributed by atoms with E-state index in [1.807, 2.05) is 10.9 Å². The SMILES string of the molecule is Cc1oc2ncnc(NC3(C)CC3)c2c1C(=O)Nc1cnn(C2CCOCC2)c1. The minimum atomic E-state index is -0.258. The highest BCUT2D eigenvalue weighted by Gasteiger charge is 2.38. The fraction of sp³-hybridized carbons (Fsp3) is 0.500. The Labute approximate surface area is 167 Å². The second-order valence-electron chi connectivity index (χ2n) is 8.13. The molecule has 0 atom stereocenters. The Morgan fingerprint density at radius 3 is 2.83 bits per heavy atom. The first kappa shape index (κ1) is 18.1. The average molecular weight is 396 g/mol. The smallest absolute Gasteiger partial charge is 0.260 e. The molecule has 0 unspecified atom stereocenters. The number of nitrogens with zero attached hydrogens (tertiary/aromatic N) is 4. The van der Waals surface area contributed by atoms with Gasteiger partial charge in [0, 0.05) is 24.9 Å². The van der Waals surface area contributed by atoms with E-state index in [4.69, 9.17) is 9.15 Å². The first-order valence-electron chi connectivity index (χ1n) is 9.98. The highest BCUT2D eigenvalue weighted by molar-refractivity contribution is 6.15. The van der Waals surface area contributed by atoms with Crippen molar-refractivity contribution >= 4 is 28.5 Å². The van der Waals surface area contributed by atoms with Gasteiger partial charge in [-0.1, -0.05) is 0 Å². The van der Waals surface area contributed by atoms with Crippen molar-refractivity contribution in [1.82, 2.24) is 19.7 Å². The molecule has 1 saturated heterocycles. The van der Waals surface area contributed by atoms with Crippen molar-refractivity contribution in [2.24, 2.45) is 0 Å². The van der Waals surface area contributed by atoms with E-state index in [-0.39, 0.29) is 11.4 Å². The van der Waals surface area contributed by atoms with Gasteiger partial charge in [0.2, 0.25) is 5.71 Å². The van der Waals surface area contributed by atoms with Gasteiger partial charge >= 0.3 is 0 Å². The molecule has 9 nitrogen and oxygen atoms in total. The normalized spacial score (nSPS) is 18.7. The van der Waals surface area contributed by atoms with Crippen LogP contribution in [-0.4, -0.2) is 44.4 Å². The summed E-state index contributed by atoms with van der Waals surface area (Å²) < 4.78 is 13.1. The third-order valence-corrected chi connectivity index (χ3v) is 5.74. The molecule has 1 amide bonds. The molecule has 1 aliphatic heterocycles. The van der Waals surface area contributed by atoms with E-state index >= 15 is 0 Å². The Hall–Kier alpha value is -2.94. The number of carbonyl (C=O) groups excluding carboxylic acids is 1. The number of ether oxygens (including phenoxy) is 1.